The van der Waals surface area contributed by atoms with Gasteiger partial charge in [0.1, 0.15) is 18.1 Å². The highest BCUT2D eigenvalue weighted by Gasteiger charge is 2.31. The van der Waals surface area contributed by atoms with Crippen molar-refractivity contribution >= 4 is 5.78 Å². The van der Waals surface area contributed by atoms with Crippen LogP contribution in [0.4, 0.5) is 0 Å². The summed E-state index contributed by atoms with van der Waals surface area (Å²) in [7, 11) is 0. The van der Waals surface area contributed by atoms with Gasteiger partial charge in [0.15, 0.2) is 5.78 Å². The number of likely N-dealkylation sites (tertiary alicyclic amines) is 1. The van der Waals surface area contributed by atoms with Crippen LogP contribution in [0.3, 0.4) is 0 Å². The first kappa shape index (κ1) is 21.1. The molecule has 4 nitrogen and oxygen atoms in total. The van der Waals surface area contributed by atoms with Gasteiger partial charge in [-0.3, -0.25) is 9.69 Å². The Labute approximate surface area is 184 Å². The summed E-state index contributed by atoms with van der Waals surface area (Å²) in [6, 6.07) is 24.9. The number of ketones is 1. The third-order valence-electron chi connectivity index (χ3n) is 6.09. The van der Waals surface area contributed by atoms with Crippen LogP contribution in [0.1, 0.15) is 53.7 Å². The van der Waals surface area contributed by atoms with Gasteiger partial charge in [-0.05, 0) is 73.8 Å². The number of ether oxygens (including phenoxy) is 1. The fourth-order valence-electron chi connectivity index (χ4n) is 4.32. The van der Waals surface area contributed by atoms with E-state index in [0.717, 1.165) is 42.7 Å². The molecule has 0 spiro atoms. The highest BCUT2D eigenvalue weighted by Crippen LogP contribution is 2.34. The van der Waals surface area contributed by atoms with Gasteiger partial charge in [-0.25, -0.2) is 0 Å². The van der Waals surface area contributed by atoms with Crippen LogP contribution in [-0.2, 0) is 6.61 Å². The Morgan fingerprint density at radius 2 is 1.71 bits per heavy atom. The molecule has 0 bridgehead atoms. The SMILES string of the molecule is C[C@@H](C(=O)c1ccc(OCc2ccccc2)cc1)N1CCCCC1c1ccc(O)cc1. The van der Waals surface area contributed by atoms with Crippen molar-refractivity contribution in [2.24, 2.45) is 0 Å². The zero-order chi connectivity index (χ0) is 21.6. The number of benzene rings is 3. The molecule has 0 aliphatic carbocycles. The second-order valence-electron chi connectivity index (χ2n) is 8.18. The van der Waals surface area contributed by atoms with Gasteiger partial charge in [-0.2, -0.15) is 0 Å². The number of hydrogen-bond acceptors (Lipinski definition) is 4. The molecule has 1 N–H and O–H groups in total. The van der Waals surface area contributed by atoms with E-state index in [-0.39, 0.29) is 23.6 Å². The minimum absolute atomic E-state index is 0.125. The maximum Gasteiger partial charge on any atom is 0.179 e. The summed E-state index contributed by atoms with van der Waals surface area (Å²) in [4.78, 5) is 15.5. The number of piperidine rings is 1. The summed E-state index contributed by atoms with van der Waals surface area (Å²) in [6.07, 6.45) is 3.27. The lowest BCUT2D eigenvalue weighted by atomic mass is 9.92. The second kappa shape index (κ2) is 9.80. The number of hydrogen-bond donors (Lipinski definition) is 1. The molecule has 160 valence electrons. The topological polar surface area (TPSA) is 49.8 Å². The number of carbonyl (C=O) groups excluding carboxylic acids is 1. The van der Waals surface area contributed by atoms with Crippen molar-refractivity contribution in [3.05, 3.63) is 95.6 Å². The molecule has 0 aromatic heterocycles. The van der Waals surface area contributed by atoms with Crippen molar-refractivity contribution in [1.82, 2.24) is 4.90 Å². The smallest absolute Gasteiger partial charge is 0.179 e. The van der Waals surface area contributed by atoms with E-state index in [1.807, 2.05) is 73.7 Å². The molecular weight excluding hydrogens is 386 g/mol. The van der Waals surface area contributed by atoms with Gasteiger partial charge < -0.3 is 9.84 Å². The Bertz CT molecular complexity index is 983. The summed E-state index contributed by atoms with van der Waals surface area (Å²) in [5.74, 6) is 1.15. The Morgan fingerprint density at radius 1 is 1.00 bits per heavy atom. The first-order chi connectivity index (χ1) is 15.1. The van der Waals surface area contributed by atoms with E-state index in [1.165, 1.54) is 0 Å². The standard InChI is InChI=1S/C27H29NO3/c1-20(28-18-6-5-9-26(28)22-10-14-24(29)15-11-22)27(30)23-12-16-25(17-13-23)31-19-21-7-3-2-4-8-21/h2-4,7-8,10-17,20,26,29H,5-6,9,18-19H2,1H3/t20-,26?/m0/s1. The van der Waals surface area contributed by atoms with Crippen LogP contribution in [0.5, 0.6) is 11.5 Å². The van der Waals surface area contributed by atoms with E-state index in [4.69, 9.17) is 4.74 Å². The summed E-state index contributed by atoms with van der Waals surface area (Å²) in [6.45, 7) is 3.41. The van der Waals surface area contributed by atoms with Crippen molar-refractivity contribution in [2.75, 3.05) is 6.54 Å². The molecule has 1 aliphatic heterocycles. The van der Waals surface area contributed by atoms with Gasteiger partial charge in [0, 0.05) is 11.6 Å². The van der Waals surface area contributed by atoms with Gasteiger partial charge in [0.25, 0.3) is 0 Å². The first-order valence-corrected chi connectivity index (χ1v) is 11.0. The second-order valence-corrected chi connectivity index (χ2v) is 8.18. The first-order valence-electron chi connectivity index (χ1n) is 11.0. The lowest BCUT2D eigenvalue weighted by Gasteiger charge is -2.39. The van der Waals surface area contributed by atoms with Gasteiger partial charge in [-0.1, -0.05) is 48.9 Å². The van der Waals surface area contributed by atoms with Crippen LogP contribution in [-0.4, -0.2) is 28.4 Å². The summed E-state index contributed by atoms with van der Waals surface area (Å²) < 4.78 is 5.85. The maximum absolute atomic E-state index is 13.2. The Hall–Kier alpha value is -3.11. The molecular formula is C27H29NO3. The Morgan fingerprint density at radius 3 is 2.42 bits per heavy atom. The van der Waals surface area contributed by atoms with E-state index in [9.17, 15) is 9.90 Å². The third-order valence-corrected chi connectivity index (χ3v) is 6.09. The molecule has 0 amide bonds. The maximum atomic E-state index is 13.2. The third kappa shape index (κ3) is 5.15. The van der Waals surface area contributed by atoms with Crippen LogP contribution in [0.25, 0.3) is 0 Å². The van der Waals surface area contributed by atoms with Gasteiger partial charge >= 0.3 is 0 Å². The largest absolute Gasteiger partial charge is 0.508 e. The minimum atomic E-state index is -0.213. The van der Waals surface area contributed by atoms with Crippen LogP contribution >= 0.6 is 0 Å². The lowest BCUT2D eigenvalue weighted by Crippen LogP contribution is -2.44. The molecule has 0 radical (unpaired) electrons. The summed E-state index contributed by atoms with van der Waals surface area (Å²) >= 11 is 0. The average molecular weight is 416 g/mol. The van der Waals surface area contributed by atoms with E-state index < -0.39 is 0 Å². The lowest BCUT2D eigenvalue weighted by molar-refractivity contribution is 0.0668. The number of carbonyl (C=O) groups is 1. The fraction of sp³-hybridized carbons (Fsp3) is 0.296. The zero-order valence-electron chi connectivity index (χ0n) is 17.9. The molecule has 4 rings (SSSR count). The molecule has 1 heterocycles. The molecule has 0 saturated carbocycles. The average Bonchev–Trinajstić information content (AvgIpc) is 2.83. The van der Waals surface area contributed by atoms with Crippen molar-refractivity contribution in [1.29, 1.82) is 0 Å². The highest BCUT2D eigenvalue weighted by atomic mass is 16.5. The quantitative estimate of drug-likeness (QED) is 0.498. The number of aromatic hydroxyl groups is 1. The Kier molecular flexibility index (Phi) is 6.68. The van der Waals surface area contributed by atoms with Crippen LogP contribution in [0.2, 0.25) is 0 Å². The van der Waals surface area contributed by atoms with Gasteiger partial charge in [-0.15, -0.1) is 0 Å². The number of phenols is 1. The Balaban J connectivity index is 1.43. The fourth-order valence-corrected chi connectivity index (χ4v) is 4.32. The van der Waals surface area contributed by atoms with Crippen molar-refractivity contribution < 1.29 is 14.6 Å². The summed E-state index contributed by atoms with van der Waals surface area (Å²) in [5.41, 5.74) is 2.97. The highest BCUT2D eigenvalue weighted by molar-refractivity contribution is 6.00. The van der Waals surface area contributed by atoms with E-state index >= 15 is 0 Å². The number of rotatable bonds is 7. The van der Waals surface area contributed by atoms with Crippen LogP contribution in [0, 0.1) is 0 Å². The zero-order valence-corrected chi connectivity index (χ0v) is 17.9. The monoisotopic (exact) mass is 415 g/mol. The molecule has 3 aromatic rings. The molecule has 1 saturated heterocycles. The molecule has 4 heteroatoms. The molecule has 2 atom stereocenters. The van der Waals surface area contributed by atoms with E-state index in [0.29, 0.717) is 12.2 Å². The van der Waals surface area contributed by atoms with Crippen LogP contribution < -0.4 is 4.74 Å². The molecule has 3 aromatic carbocycles. The molecule has 1 fully saturated rings. The predicted molar refractivity (Wildman–Crippen MR) is 122 cm³/mol. The van der Waals surface area contributed by atoms with Gasteiger partial charge in [0.2, 0.25) is 0 Å². The van der Waals surface area contributed by atoms with Crippen molar-refractivity contribution in [3.8, 4) is 11.5 Å². The van der Waals surface area contributed by atoms with E-state index in [2.05, 4.69) is 4.90 Å². The van der Waals surface area contributed by atoms with Crippen molar-refractivity contribution in [3.63, 3.8) is 0 Å². The molecule has 1 unspecified atom stereocenters. The normalized spacial score (nSPS) is 17.8. The van der Waals surface area contributed by atoms with Crippen molar-refractivity contribution in [2.45, 2.75) is 44.9 Å². The summed E-state index contributed by atoms with van der Waals surface area (Å²) in [5, 5.41) is 9.61. The van der Waals surface area contributed by atoms with Gasteiger partial charge in [0.05, 0.1) is 6.04 Å². The number of phenolic OH excluding ortho intramolecular Hbond substituents is 1. The van der Waals surface area contributed by atoms with E-state index in [1.54, 1.807) is 12.1 Å². The minimum Gasteiger partial charge on any atom is -0.508 e. The van der Waals surface area contributed by atoms with Crippen LogP contribution in [0.15, 0.2) is 78.9 Å². The molecule has 31 heavy (non-hydrogen) atoms. The number of Topliss-reactive ketones (excluding diaryl/α,β-unsaturated/α-hetero) is 1. The molecule has 1 aliphatic rings. The number of nitrogens with zero attached hydrogens (tertiary/aromatic N) is 1. The predicted octanol–water partition coefficient (Wildman–Crippen LogP) is 5.77.